The minimum Gasteiger partial charge on any atom is -0.276 e. The number of fused-ring (bicyclic) bond motifs is 5. The fourth-order valence-corrected chi connectivity index (χ4v) is 6.11. The number of aliphatic imine (C=N–C) groups is 3. The molecule has 39 heavy (non-hydrogen) atoms. The normalized spacial score (nSPS) is 17.6. The van der Waals surface area contributed by atoms with Gasteiger partial charge in [-0.3, -0.25) is 9.98 Å². The third-order valence-corrected chi connectivity index (χ3v) is 7.89. The van der Waals surface area contributed by atoms with Gasteiger partial charge in [-0.25, -0.2) is 4.99 Å². The monoisotopic (exact) mass is 503 g/mol. The molecule has 188 valence electrons. The summed E-state index contributed by atoms with van der Waals surface area (Å²) in [6.45, 7) is 0.611. The highest BCUT2D eigenvalue weighted by molar-refractivity contribution is 6.15. The van der Waals surface area contributed by atoms with Gasteiger partial charge >= 0.3 is 0 Å². The Bertz CT molecular complexity index is 1690. The van der Waals surface area contributed by atoms with Crippen molar-refractivity contribution in [1.29, 1.82) is 0 Å². The number of hydrogen-bond donors (Lipinski definition) is 0. The molecule has 0 saturated heterocycles. The molecule has 3 heteroatoms. The summed E-state index contributed by atoms with van der Waals surface area (Å²) in [4.78, 5) is 14.8. The topological polar surface area (TPSA) is 37.1 Å². The van der Waals surface area contributed by atoms with Crippen LogP contribution in [0.3, 0.4) is 0 Å². The van der Waals surface area contributed by atoms with E-state index in [2.05, 4.69) is 114 Å². The van der Waals surface area contributed by atoms with Gasteiger partial charge in [-0.1, -0.05) is 109 Å². The first-order valence-electron chi connectivity index (χ1n) is 13.7. The predicted molar refractivity (Wildman–Crippen MR) is 164 cm³/mol. The summed E-state index contributed by atoms with van der Waals surface area (Å²) in [5.74, 6) is 0. The molecule has 0 fully saturated rings. The quantitative estimate of drug-likeness (QED) is 0.269. The summed E-state index contributed by atoms with van der Waals surface area (Å²) in [5, 5.41) is 2.50. The lowest BCUT2D eigenvalue weighted by Gasteiger charge is -2.30. The van der Waals surface area contributed by atoms with Gasteiger partial charge in [0.15, 0.2) is 0 Å². The SMILES string of the molecule is C1=CC2=C(CC1)C(=NC(c1ccccc1)c1ccccc1)CC1=C2c2c(ccc3ccccc23)C=NC=NC1. The zero-order valence-corrected chi connectivity index (χ0v) is 21.8. The second kappa shape index (κ2) is 10.3. The van der Waals surface area contributed by atoms with Crippen molar-refractivity contribution in [3.63, 3.8) is 0 Å². The van der Waals surface area contributed by atoms with E-state index in [4.69, 9.17) is 9.98 Å². The minimum absolute atomic E-state index is 0.0551. The van der Waals surface area contributed by atoms with Gasteiger partial charge in [0.05, 0.1) is 6.54 Å². The van der Waals surface area contributed by atoms with E-state index in [1.54, 1.807) is 6.34 Å². The molecule has 0 atom stereocenters. The molecule has 1 aliphatic heterocycles. The first-order valence-corrected chi connectivity index (χ1v) is 13.7. The summed E-state index contributed by atoms with van der Waals surface area (Å²) in [6, 6.07) is 34.3. The van der Waals surface area contributed by atoms with Crippen LogP contribution in [-0.4, -0.2) is 24.8 Å². The van der Waals surface area contributed by atoms with Crippen molar-refractivity contribution in [2.45, 2.75) is 25.3 Å². The summed E-state index contributed by atoms with van der Waals surface area (Å²) >= 11 is 0. The molecule has 0 radical (unpaired) electrons. The second-order valence-electron chi connectivity index (χ2n) is 10.3. The molecule has 1 heterocycles. The molecule has 0 amide bonds. The van der Waals surface area contributed by atoms with Gasteiger partial charge in [-0.15, -0.1) is 0 Å². The second-order valence-corrected chi connectivity index (χ2v) is 10.3. The first-order chi connectivity index (χ1) is 19.4. The number of allylic oxidation sites excluding steroid dienone is 5. The lowest BCUT2D eigenvalue weighted by Crippen LogP contribution is -2.19. The number of benzene rings is 4. The van der Waals surface area contributed by atoms with Crippen LogP contribution in [-0.2, 0) is 0 Å². The van der Waals surface area contributed by atoms with Crippen molar-refractivity contribution < 1.29 is 0 Å². The van der Waals surface area contributed by atoms with Gasteiger partial charge in [-0.2, -0.15) is 0 Å². The van der Waals surface area contributed by atoms with Crippen molar-refractivity contribution in [2.75, 3.05) is 6.54 Å². The van der Waals surface area contributed by atoms with Crippen molar-refractivity contribution in [3.8, 4) is 0 Å². The molecule has 0 spiro atoms. The third-order valence-electron chi connectivity index (χ3n) is 7.89. The van der Waals surface area contributed by atoms with Crippen LogP contribution in [0.25, 0.3) is 16.3 Å². The first kappa shape index (κ1) is 23.5. The highest BCUT2D eigenvalue weighted by atomic mass is 14.9. The van der Waals surface area contributed by atoms with Crippen molar-refractivity contribution in [1.82, 2.24) is 0 Å². The maximum Gasteiger partial charge on any atom is 0.110 e. The van der Waals surface area contributed by atoms with Crippen LogP contribution >= 0.6 is 0 Å². The summed E-state index contributed by atoms with van der Waals surface area (Å²) < 4.78 is 0. The molecule has 4 aromatic carbocycles. The van der Waals surface area contributed by atoms with Gasteiger partial charge in [0.25, 0.3) is 0 Å². The maximum absolute atomic E-state index is 5.55. The van der Waals surface area contributed by atoms with Crippen LogP contribution in [0.4, 0.5) is 0 Å². The standard InChI is InChI=1S/C36H29N3/c1-3-12-26(13-4-1)36(27-14-5-2-6-15-27)39-33-21-29-23-38-24-37-22-28-20-19-25-11-7-8-16-30(25)34(28)35(29)32-18-10-9-17-31(32)33/h1-8,10-16,18-20,22,24,36H,9,17,21,23H2. The van der Waals surface area contributed by atoms with Gasteiger partial charge in [0.1, 0.15) is 12.4 Å². The zero-order valence-electron chi connectivity index (χ0n) is 21.8. The Hall–Kier alpha value is -4.63. The van der Waals surface area contributed by atoms with Crippen LogP contribution < -0.4 is 0 Å². The van der Waals surface area contributed by atoms with Gasteiger partial charge < -0.3 is 0 Å². The third kappa shape index (κ3) is 4.40. The Morgan fingerprint density at radius 2 is 1.51 bits per heavy atom. The molecular weight excluding hydrogens is 474 g/mol. The van der Waals surface area contributed by atoms with Crippen molar-refractivity contribution in [2.24, 2.45) is 15.0 Å². The molecule has 0 bridgehead atoms. The fourth-order valence-electron chi connectivity index (χ4n) is 6.11. The lowest BCUT2D eigenvalue weighted by atomic mass is 9.75. The smallest absolute Gasteiger partial charge is 0.110 e. The van der Waals surface area contributed by atoms with Crippen LogP contribution in [0.5, 0.6) is 0 Å². The van der Waals surface area contributed by atoms with Crippen LogP contribution in [0.2, 0.25) is 0 Å². The summed E-state index contributed by atoms with van der Waals surface area (Å²) in [5.41, 5.74) is 11.3. The van der Waals surface area contributed by atoms with Crippen LogP contribution in [0.15, 0.2) is 141 Å². The van der Waals surface area contributed by atoms with E-state index in [9.17, 15) is 0 Å². The van der Waals surface area contributed by atoms with Gasteiger partial charge in [-0.05, 0) is 62.6 Å². The Morgan fingerprint density at radius 3 is 2.31 bits per heavy atom. The average Bonchev–Trinajstić information content (AvgIpc) is 3.09. The molecule has 0 N–H and O–H groups in total. The maximum atomic E-state index is 5.55. The molecule has 4 aromatic rings. The molecule has 7 rings (SSSR count). The van der Waals surface area contributed by atoms with Crippen LogP contribution in [0.1, 0.15) is 47.6 Å². The van der Waals surface area contributed by atoms with E-state index < -0.39 is 0 Å². The Balaban J connectivity index is 1.46. The molecule has 0 unspecified atom stereocenters. The Labute approximate surface area is 229 Å². The number of nitrogens with zero attached hydrogens (tertiary/aromatic N) is 3. The van der Waals surface area contributed by atoms with Gasteiger partial charge in [0, 0.05) is 23.9 Å². The molecule has 2 aliphatic carbocycles. The van der Waals surface area contributed by atoms with Crippen molar-refractivity contribution >= 4 is 34.6 Å². The molecule has 0 aromatic heterocycles. The molecule has 3 nitrogen and oxygen atoms in total. The van der Waals surface area contributed by atoms with Gasteiger partial charge in [0.2, 0.25) is 0 Å². The molecule has 3 aliphatic rings. The zero-order chi connectivity index (χ0) is 26.0. The minimum atomic E-state index is -0.0551. The van der Waals surface area contributed by atoms with E-state index in [0.717, 1.165) is 24.8 Å². The predicted octanol–water partition coefficient (Wildman–Crippen LogP) is 8.34. The van der Waals surface area contributed by atoms with E-state index in [-0.39, 0.29) is 6.04 Å². The Morgan fingerprint density at radius 1 is 0.769 bits per heavy atom. The molecule has 0 saturated carbocycles. The summed E-state index contributed by atoms with van der Waals surface area (Å²) in [7, 11) is 0. The van der Waals surface area contributed by atoms with E-state index in [0.29, 0.717) is 6.54 Å². The highest BCUT2D eigenvalue weighted by Gasteiger charge is 2.30. The number of rotatable bonds is 3. The lowest BCUT2D eigenvalue weighted by molar-refractivity contribution is 0.856. The largest absolute Gasteiger partial charge is 0.276 e. The average molecular weight is 504 g/mol. The van der Waals surface area contributed by atoms with E-state index in [1.165, 1.54) is 55.5 Å². The Kier molecular flexibility index (Phi) is 6.18. The number of hydrogen-bond acceptors (Lipinski definition) is 3. The van der Waals surface area contributed by atoms with Crippen molar-refractivity contribution in [3.05, 3.63) is 148 Å². The van der Waals surface area contributed by atoms with E-state index >= 15 is 0 Å². The van der Waals surface area contributed by atoms with Crippen LogP contribution in [0, 0.1) is 0 Å². The highest BCUT2D eigenvalue weighted by Crippen LogP contribution is 2.44. The summed E-state index contributed by atoms with van der Waals surface area (Å²) in [6.07, 6.45) is 11.1. The van der Waals surface area contributed by atoms with E-state index in [1.807, 2.05) is 6.21 Å². The molecular formula is C36H29N3. The fraction of sp³-hybridized carbons (Fsp3) is 0.139.